The first kappa shape index (κ1) is 17.0. The number of carboxylic acids is 1. The maximum Gasteiger partial charge on any atom is 0.266 e. The average molecular weight is 351 g/mol. The summed E-state index contributed by atoms with van der Waals surface area (Å²) in [6.45, 7) is 2.40. The van der Waals surface area contributed by atoms with Crippen molar-refractivity contribution < 1.29 is 14.7 Å². The van der Waals surface area contributed by atoms with Crippen LogP contribution in [0.15, 0.2) is 64.5 Å². The van der Waals surface area contributed by atoms with Crippen LogP contribution < -0.4 is 5.11 Å². The van der Waals surface area contributed by atoms with Gasteiger partial charge in [-0.15, -0.1) is 0 Å². The van der Waals surface area contributed by atoms with Gasteiger partial charge in [0.1, 0.15) is 0 Å². The van der Waals surface area contributed by atoms with Crippen LogP contribution in [0.25, 0.3) is 6.08 Å². The van der Waals surface area contributed by atoms with E-state index in [-0.39, 0.29) is 11.5 Å². The fraction of sp³-hybridized carbons (Fsp3) is 0.105. The summed E-state index contributed by atoms with van der Waals surface area (Å²) < 4.78 is 0. The van der Waals surface area contributed by atoms with Crippen molar-refractivity contribution in [2.75, 3.05) is 6.54 Å². The van der Waals surface area contributed by atoms with E-state index in [0.29, 0.717) is 22.3 Å². The van der Waals surface area contributed by atoms with E-state index < -0.39 is 5.97 Å². The first-order valence-corrected chi connectivity index (χ1v) is 8.56. The van der Waals surface area contributed by atoms with Gasteiger partial charge in [0.05, 0.1) is 16.6 Å². The molecule has 3 rings (SSSR count). The van der Waals surface area contributed by atoms with Gasteiger partial charge in [-0.2, -0.15) is 0 Å². The molecule has 0 aromatic heterocycles. The predicted molar refractivity (Wildman–Crippen MR) is 97.3 cm³/mol. The smallest absolute Gasteiger partial charge is 0.266 e. The summed E-state index contributed by atoms with van der Waals surface area (Å²) in [5.41, 5.74) is 1.63. The number of aromatic carboxylic acids is 1. The van der Waals surface area contributed by atoms with E-state index in [4.69, 9.17) is 0 Å². The molecule has 1 amide bonds. The van der Waals surface area contributed by atoms with Crippen molar-refractivity contribution in [3.8, 4) is 0 Å². The van der Waals surface area contributed by atoms with Gasteiger partial charge < -0.3 is 9.90 Å². The lowest BCUT2D eigenvalue weighted by atomic mass is 10.2. The molecule has 5 nitrogen and oxygen atoms in total. The topological polar surface area (TPSA) is 72.8 Å². The van der Waals surface area contributed by atoms with Crippen molar-refractivity contribution in [2.45, 2.75) is 6.92 Å². The second-order valence-electron chi connectivity index (χ2n) is 5.30. The van der Waals surface area contributed by atoms with Gasteiger partial charge in [-0.05, 0) is 48.0 Å². The number of carboxylic acid groups (broad SMARTS) is 1. The van der Waals surface area contributed by atoms with Crippen molar-refractivity contribution in [3.05, 3.63) is 70.6 Å². The minimum atomic E-state index is -1.23. The number of hydrogen-bond donors (Lipinski definition) is 0. The summed E-state index contributed by atoms with van der Waals surface area (Å²) in [7, 11) is 0. The summed E-state index contributed by atoms with van der Waals surface area (Å²) >= 11 is 1.31. The molecule has 0 radical (unpaired) electrons. The Balaban J connectivity index is 1.89. The minimum Gasteiger partial charge on any atom is -0.545 e. The lowest BCUT2D eigenvalue weighted by molar-refractivity contribution is -0.255. The number of amides is 1. The molecule has 2 aromatic carbocycles. The molecular formula is C19H15N2O3S-. The van der Waals surface area contributed by atoms with E-state index >= 15 is 0 Å². The third-order valence-electron chi connectivity index (χ3n) is 3.63. The van der Waals surface area contributed by atoms with Crippen molar-refractivity contribution >= 4 is 40.6 Å². The molecule has 0 aliphatic carbocycles. The molecule has 126 valence electrons. The number of aliphatic imine (C=N–C) groups is 1. The van der Waals surface area contributed by atoms with Gasteiger partial charge in [-0.25, -0.2) is 4.99 Å². The molecule has 0 N–H and O–H groups in total. The van der Waals surface area contributed by atoms with Crippen molar-refractivity contribution in [1.82, 2.24) is 4.90 Å². The number of carbonyl (C=O) groups is 2. The van der Waals surface area contributed by atoms with E-state index in [1.165, 1.54) is 23.9 Å². The van der Waals surface area contributed by atoms with Crippen molar-refractivity contribution in [3.63, 3.8) is 0 Å². The molecule has 0 spiro atoms. The number of benzene rings is 2. The molecular weight excluding hydrogens is 336 g/mol. The first-order chi connectivity index (χ1) is 12.1. The molecule has 1 aliphatic rings. The zero-order chi connectivity index (χ0) is 17.8. The van der Waals surface area contributed by atoms with Gasteiger partial charge in [0.15, 0.2) is 5.17 Å². The zero-order valence-corrected chi connectivity index (χ0v) is 14.3. The molecule has 1 saturated heterocycles. The highest BCUT2D eigenvalue weighted by Gasteiger charge is 2.32. The molecule has 2 aromatic rings. The number of carbonyl (C=O) groups excluding carboxylic acids is 2. The molecule has 25 heavy (non-hydrogen) atoms. The summed E-state index contributed by atoms with van der Waals surface area (Å²) in [6, 6.07) is 15.7. The van der Waals surface area contributed by atoms with Crippen LogP contribution in [0.1, 0.15) is 22.8 Å². The van der Waals surface area contributed by atoms with Gasteiger partial charge in [0.2, 0.25) is 0 Å². The Morgan fingerprint density at radius 1 is 1.16 bits per heavy atom. The Labute approximate surface area is 149 Å². The maximum atomic E-state index is 12.6. The summed E-state index contributed by atoms with van der Waals surface area (Å²) in [6.07, 6.45) is 1.84. The Morgan fingerprint density at radius 2 is 1.84 bits per heavy atom. The van der Waals surface area contributed by atoms with E-state index in [0.717, 1.165) is 5.56 Å². The highest BCUT2D eigenvalue weighted by molar-refractivity contribution is 8.18. The number of likely N-dealkylation sites (N-methyl/N-ethyl adjacent to an activating group) is 1. The molecule has 1 aliphatic heterocycles. The van der Waals surface area contributed by atoms with Crippen LogP contribution in [0.4, 0.5) is 5.69 Å². The van der Waals surface area contributed by atoms with Crippen LogP contribution in [-0.4, -0.2) is 28.5 Å². The first-order valence-electron chi connectivity index (χ1n) is 7.75. The zero-order valence-electron chi connectivity index (χ0n) is 13.5. The predicted octanol–water partition coefficient (Wildman–Crippen LogP) is 2.67. The van der Waals surface area contributed by atoms with Crippen LogP contribution in [0.3, 0.4) is 0 Å². The van der Waals surface area contributed by atoms with Crippen molar-refractivity contribution in [1.29, 1.82) is 0 Å². The third kappa shape index (κ3) is 3.80. The monoisotopic (exact) mass is 351 g/mol. The van der Waals surface area contributed by atoms with Crippen LogP contribution >= 0.6 is 11.8 Å². The normalized spacial score (nSPS) is 17.5. The minimum absolute atomic E-state index is 0.0820. The van der Waals surface area contributed by atoms with E-state index in [1.807, 2.05) is 43.3 Å². The summed E-state index contributed by atoms with van der Waals surface area (Å²) in [5, 5.41) is 11.4. The second-order valence-corrected chi connectivity index (χ2v) is 6.31. The van der Waals surface area contributed by atoms with Gasteiger partial charge in [-0.3, -0.25) is 9.69 Å². The standard InChI is InChI=1S/C19H16N2O3S/c1-2-21-17(22)16(12-13-6-4-3-5-7-13)25-19(21)20-15-10-8-14(9-11-15)18(23)24/h3-12H,2H2,1H3,(H,23,24)/p-1/b16-12-,20-19?. The highest BCUT2D eigenvalue weighted by Crippen LogP contribution is 2.33. The molecule has 6 heteroatoms. The van der Waals surface area contributed by atoms with Gasteiger partial charge >= 0.3 is 0 Å². The Bertz CT molecular complexity index is 858. The Morgan fingerprint density at radius 3 is 2.44 bits per heavy atom. The number of thioether (sulfide) groups is 1. The van der Waals surface area contributed by atoms with E-state index in [1.54, 1.807) is 17.0 Å². The Hall–Kier alpha value is -2.86. The lowest BCUT2D eigenvalue weighted by Crippen LogP contribution is -2.28. The van der Waals surface area contributed by atoms with Gasteiger partial charge in [-0.1, -0.05) is 42.5 Å². The molecule has 1 heterocycles. The average Bonchev–Trinajstić information content (AvgIpc) is 2.91. The number of nitrogens with zero attached hydrogens (tertiary/aromatic N) is 2. The molecule has 0 atom stereocenters. The van der Waals surface area contributed by atoms with Crippen molar-refractivity contribution in [2.24, 2.45) is 4.99 Å². The number of hydrogen-bond acceptors (Lipinski definition) is 5. The molecule has 0 saturated carbocycles. The van der Waals surface area contributed by atoms with Crippen LogP contribution in [0, 0.1) is 0 Å². The largest absolute Gasteiger partial charge is 0.545 e. The summed E-state index contributed by atoms with van der Waals surface area (Å²) in [4.78, 5) is 30.1. The fourth-order valence-electron chi connectivity index (χ4n) is 2.35. The van der Waals surface area contributed by atoms with Crippen LogP contribution in [-0.2, 0) is 4.79 Å². The SMILES string of the molecule is CCN1C(=O)/C(=C/c2ccccc2)SC1=Nc1ccc(C(=O)[O-])cc1. The summed E-state index contributed by atoms with van der Waals surface area (Å²) in [5.74, 6) is -1.31. The maximum absolute atomic E-state index is 12.6. The van der Waals surface area contributed by atoms with E-state index in [9.17, 15) is 14.7 Å². The quantitative estimate of drug-likeness (QED) is 0.794. The van der Waals surface area contributed by atoms with Crippen LogP contribution in [0.5, 0.6) is 0 Å². The molecule has 0 unspecified atom stereocenters. The Kier molecular flexibility index (Phi) is 5.00. The van der Waals surface area contributed by atoms with E-state index in [2.05, 4.69) is 4.99 Å². The molecule has 1 fully saturated rings. The number of amidine groups is 1. The number of rotatable bonds is 4. The molecule has 0 bridgehead atoms. The van der Waals surface area contributed by atoms with Gasteiger partial charge in [0.25, 0.3) is 5.91 Å². The van der Waals surface area contributed by atoms with Crippen LogP contribution in [0.2, 0.25) is 0 Å². The highest BCUT2D eigenvalue weighted by atomic mass is 32.2. The van der Waals surface area contributed by atoms with Gasteiger partial charge in [0, 0.05) is 6.54 Å². The lowest BCUT2D eigenvalue weighted by Gasteiger charge is -2.12. The third-order valence-corrected chi connectivity index (χ3v) is 4.64. The fourth-order valence-corrected chi connectivity index (χ4v) is 3.42. The second kappa shape index (κ2) is 7.36.